The lowest BCUT2D eigenvalue weighted by Gasteiger charge is -2.13. The van der Waals surface area contributed by atoms with Crippen LogP contribution in [0.15, 0.2) is 42.5 Å². The second-order valence-corrected chi connectivity index (χ2v) is 6.52. The lowest BCUT2D eigenvalue weighted by atomic mass is 10.1. The molecule has 0 aliphatic carbocycles. The van der Waals surface area contributed by atoms with Gasteiger partial charge in [0.05, 0.1) is 14.2 Å². The summed E-state index contributed by atoms with van der Waals surface area (Å²) >= 11 is 7.70. The number of nitrogens with one attached hydrogen (secondary N) is 1. The zero-order valence-corrected chi connectivity index (χ0v) is 15.2. The van der Waals surface area contributed by atoms with Crippen molar-refractivity contribution in [3.8, 4) is 11.5 Å². The van der Waals surface area contributed by atoms with Crippen molar-refractivity contribution >= 4 is 29.3 Å². The van der Waals surface area contributed by atoms with Crippen molar-refractivity contribution in [3.05, 3.63) is 58.6 Å². The molecule has 0 aliphatic rings. The Bertz CT molecular complexity index is 671. The van der Waals surface area contributed by atoms with E-state index >= 15 is 0 Å². The molecular weight excluding hydrogens is 346 g/mol. The lowest BCUT2D eigenvalue weighted by Crippen LogP contribution is -2.26. The van der Waals surface area contributed by atoms with Crippen molar-refractivity contribution in [3.63, 3.8) is 0 Å². The van der Waals surface area contributed by atoms with Crippen molar-refractivity contribution in [2.45, 2.75) is 5.75 Å². The summed E-state index contributed by atoms with van der Waals surface area (Å²) in [6.07, 6.45) is 0. The topological polar surface area (TPSA) is 47.6 Å². The number of halogens is 1. The summed E-state index contributed by atoms with van der Waals surface area (Å²) in [5.41, 5.74) is 1.59. The van der Waals surface area contributed by atoms with Crippen LogP contribution in [-0.4, -0.2) is 32.4 Å². The van der Waals surface area contributed by atoms with Gasteiger partial charge in [0.1, 0.15) is 17.1 Å². The summed E-state index contributed by atoms with van der Waals surface area (Å²) < 4.78 is 10.5. The predicted molar refractivity (Wildman–Crippen MR) is 99.5 cm³/mol. The summed E-state index contributed by atoms with van der Waals surface area (Å²) in [4.78, 5) is 12.4. The predicted octanol–water partition coefficient (Wildman–Crippen LogP) is 4.02. The SMILES string of the molecule is COc1cccc(OC)c1C(=O)NCCSCc1cccc(Cl)c1. The van der Waals surface area contributed by atoms with Gasteiger partial charge < -0.3 is 14.8 Å². The Morgan fingerprint density at radius 2 is 1.79 bits per heavy atom. The van der Waals surface area contributed by atoms with Crippen LogP contribution in [0.1, 0.15) is 15.9 Å². The number of rotatable bonds is 8. The molecule has 2 aromatic carbocycles. The number of ether oxygens (including phenoxy) is 2. The molecule has 6 heteroatoms. The number of benzene rings is 2. The summed E-state index contributed by atoms with van der Waals surface area (Å²) in [6.45, 7) is 0.561. The first-order valence-electron chi connectivity index (χ1n) is 7.47. The Balaban J connectivity index is 1.83. The van der Waals surface area contributed by atoms with Crippen molar-refractivity contribution in [1.82, 2.24) is 5.32 Å². The molecule has 2 aromatic rings. The molecule has 0 aliphatic heterocycles. The average Bonchev–Trinajstić information content (AvgIpc) is 2.60. The Labute approximate surface area is 151 Å². The van der Waals surface area contributed by atoms with Crippen LogP contribution in [0, 0.1) is 0 Å². The van der Waals surface area contributed by atoms with Gasteiger partial charge in [-0.3, -0.25) is 4.79 Å². The third-order valence-electron chi connectivity index (χ3n) is 3.34. The van der Waals surface area contributed by atoms with Gasteiger partial charge in [0.2, 0.25) is 0 Å². The number of hydrogen-bond acceptors (Lipinski definition) is 4. The van der Waals surface area contributed by atoms with E-state index in [2.05, 4.69) is 5.32 Å². The second-order valence-electron chi connectivity index (χ2n) is 4.98. The molecule has 0 radical (unpaired) electrons. The zero-order valence-electron chi connectivity index (χ0n) is 13.7. The number of hydrogen-bond donors (Lipinski definition) is 1. The van der Waals surface area contributed by atoms with Gasteiger partial charge in [-0.25, -0.2) is 0 Å². The van der Waals surface area contributed by atoms with Gasteiger partial charge in [0.25, 0.3) is 5.91 Å². The van der Waals surface area contributed by atoms with Crippen LogP contribution in [0.2, 0.25) is 5.02 Å². The third-order valence-corrected chi connectivity index (χ3v) is 4.61. The largest absolute Gasteiger partial charge is 0.496 e. The van der Waals surface area contributed by atoms with E-state index in [4.69, 9.17) is 21.1 Å². The third kappa shape index (κ3) is 5.08. The maximum atomic E-state index is 12.4. The standard InChI is InChI=1S/C18H20ClNO3S/c1-22-15-7-4-8-16(23-2)17(15)18(21)20-9-10-24-12-13-5-3-6-14(19)11-13/h3-8,11H,9-10,12H2,1-2H3,(H,20,21). The molecule has 128 valence electrons. The molecule has 0 atom stereocenters. The van der Waals surface area contributed by atoms with Crippen molar-refractivity contribution in [1.29, 1.82) is 0 Å². The molecule has 1 amide bonds. The number of amides is 1. The summed E-state index contributed by atoms with van der Waals surface area (Å²) in [5.74, 6) is 2.45. The fourth-order valence-corrected chi connectivity index (χ4v) is 3.24. The molecule has 24 heavy (non-hydrogen) atoms. The normalized spacial score (nSPS) is 10.3. The summed E-state index contributed by atoms with van der Waals surface area (Å²) in [5, 5.41) is 3.64. The number of methoxy groups -OCH3 is 2. The number of thioether (sulfide) groups is 1. The molecule has 0 bridgehead atoms. The minimum Gasteiger partial charge on any atom is -0.496 e. The molecule has 0 saturated heterocycles. The van der Waals surface area contributed by atoms with Gasteiger partial charge in [-0.1, -0.05) is 29.8 Å². The highest BCUT2D eigenvalue weighted by Crippen LogP contribution is 2.27. The number of carbonyl (C=O) groups excluding carboxylic acids is 1. The van der Waals surface area contributed by atoms with Gasteiger partial charge >= 0.3 is 0 Å². The molecule has 2 rings (SSSR count). The smallest absolute Gasteiger partial charge is 0.258 e. The average molecular weight is 366 g/mol. The van der Waals surface area contributed by atoms with E-state index in [1.165, 1.54) is 19.8 Å². The molecule has 0 saturated carbocycles. The fraction of sp³-hybridized carbons (Fsp3) is 0.278. The van der Waals surface area contributed by atoms with Crippen LogP contribution in [0.5, 0.6) is 11.5 Å². The van der Waals surface area contributed by atoms with E-state index in [9.17, 15) is 4.79 Å². The summed E-state index contributed by atoms with van der Waals surface area (Å²) in [6, 6.07) is 13.1. The molecule has 1 N–H and O–H groups in total. The zero-order chi connectivity index (χ0) is 17.4. The number of carbonyl (C=O) groups is 1. The van der Waals surface area contributed by atoms with Crippen molar-refractivity contribution < 1.29 is 14.3 Å². The van der Waals surface area contributed by atoms with Crippen molar-refractivity contribution in [2.24, 2.45) is 0 Å². The highest BCUT2D eigenvalue weighted by Gasteiger charge is 2.17. The first kappa shape index (κ1) is 18.5. The van der Waals surface area contributed by atoms with Crippen LogP contribution >= 0.6 is 23.4 Å². The van der Waals surface area contributed by atoms with Crippen LogP contribution in [-0.2, 0) is 5.75 Å². The molecule has 0 heterocycles. The van der Waals surface area contributed by atoms with Crippen molar-refractivity contribution in [2.75, 3.05) is 26.5 Å². The molecule has 0 spiro atoms. The Kier molecular flexibility index (Phi) is 7.28. The highest BCUT2D eigenvalue weighted by atomic mass is 35.5. The van der Waals surface area contributed by atoms with Gasteiger partial charge in [0.15, 0.2) is 0 Å². The maximum Gasteiger partial charge on any atom is 0.258 e. The second kappa shape index (κ2) is 9.45. The Hall–Kier alpha value is -1.85. The first-order valence-corrected chi connectivity index (χ1v) is 9.00. The van der Waals surface area contributed by atoms with Crippen LogP contribution in [0.3, 0.4) is 0 Å². The maximum absolute atomic E-state index is 12.4. The van der Waals surface area contributed by atoms with E-state index in [-0.39, 0.29) is 5.91 Å². The van der Waals surface area contributed by atoms with E-state index in [0.29, 0.717) is 23.6 Å². The van der Waals surface area contributed by atoms with Gasteiger partial charge in [0, 0.05) is 23.1 Å². The minimum absolute atomic E-state index is 0.201. The van der Waals surface area contributed by atoms with E-state index in [1.807, 2.05) is 24.3 Å². The van der Waals surface area contributed by atoms with Crippen LogP contribution in [0.4, 0.5) is 0 Å². The molecule has 0 aromatic heterocycles. The molecule has 0 fully saturated rings. The monoisotopic (exact) mass is 365 g/mol. The van der Waals surface area contributed by atoms with Gasteiger partial charge in [-0.2, -0.15) is 11.8 Å². The lowest BCUT2D eigenvalue weighted by molar-refractivity contribution is 0.0950. The fourth-order valence-electron chi connectivity index (χ4n) is 2.22. The first-order chi connectivity index (χ1) is 11.7. The van der Waals surface area contributed by atoms with E-state index in [0.717, 1.165) is 16.5 Å². The van der Waals surface area contributed by atoms with E-state index in [1.54, 1.807) is 30.0 Å². The highest BCUT2D eigenvalue weighted by molar-refractivity contribution is 7.98. The van der Waals surface area contributed by atoms with Gasteiger partial charge in [-0.05, 0) is 29.8 Å². The summed E-state index contributed by atoms with van der Waals surface area (Å²) in [7, 11) is 3.07. The van der Waals surface area contributed by atoms with E-state index < -0.39 is 0 Å². The molecular formula is C18H20ClNO3S. The Morgan fingerprint density at radius 1 is 1.12 bits per heavy atom. The van der Waals surface area contributed by atoms with Crippen LogP contribution < -0.4 is 14.8 Å². The molecule has 0 unspecified atom stereocenters. The molecule has 4 nitrogen and oxygen atoms in total. The van der Waals surface area contributed by atoms with Crippen LogP contribution in [0.25, 0.3) is 0 Å². The van der Waals surface area contributed by atoms with Gasteiger partial charge in [-0.15, -0.1) is 0 Å². The quantitative estimate of drug-likeness (QED) is 0.718. The Morgan fingerprint density at radius 3 is 2.42 bits per heavy atom. The minimum atomic E-state index is -0.201.